The fourth-order valence-electron chi connectivity index (χ4n) is 4.59. The van der Waals surface area contributed by atoms with Gasteiger partial charge in [0, 0.05) is 39.7 Å². The van der Waals surface area contributed by atoms with Gasteiger partial charge in [-0.15, -0.1) is 11.3 Å². The second kappa shape index (κ2) is 9.59. The summed E-state index contributed by atoms with van der Waals surface area (Å²) >= 11 is 1.46. The van der Waals surface area contributed by atoms with E-state index in [1.165, 1.54) is 11.3 Å². The van der Waals surface area contributed by atoms with Gasteiger partial charge >= 0.3 is 0 Å². The molecular formula is C31H17N5OS. The summed E-state index contributed by atoms with van der Waals surface area (Å²) in [7, 11) is 0. The van der Waals surface area contributed by atoms with E-state index in [2.05, 4.69) is 9.97 Å². The summed E-state index contributed by atoms with van der Waals surface area (Å²) in [6.45, 7) is 0. The maximum atomic E-state index is 13.6. The van der Waals surface area contributed by atoms with Crippen molar-refractivity contribution >= 4 is 56.2 Å². The molecule has 1 aliphatic rings. The minimum Gasteiger partial charge on any atom is -0.289 e. The molecule has 0 saturated carbocycles. The quantitative estimate of drug-likeness (QED) is 0.188. The summed E-state index contributed by atoms with van der Waals surface area (Å²) in [6.07, 6.45) is 5.14. The minimum atomic E-state index is -0.204. The Bertz CT molecular complexity index is 1800. The molecule has 0 saturated heterocycles. The van der Waals surface area contributed by atoms with Crippen molar-refractivity contribution in [2.24, 2.45) is 0 Å². The van der Waals surface area contributed by atoms with E-state index in [-0.39, 0.29) is 11.4 Å². The molecule has 0 spiro atoms. The van der Waals surface area contributed by atoms with E-state index in [1.807, 2.05) is 95.9 Å². The number of allylic oxidation sites excluding steroid dienone is 3. The number of carbonyl (C=O) groups excluding carboxylic acids is 1. The first-order valence-electron chi connectivity index (χ1n) is 11.7. The molecule has 1 aliphatic carbocycles. The summed E-state index contributed by atoms with van der Waals surface area (Å²) in [5.41, 5.74) is 2.63. The van der Waals surface area contributed by atoms with Gasteiger partial charge in [0.25, 0.3) is 0 Å². The number of nitriles is 2. The van der Waals surface area contributed by atoms with Crippen molar-refractivity contribution in [1.82, 2.24) is 9.97 Å². The van der Waals surface area contributed by atoms with Gasteiger partial charge in [-0.3, -0.25) is 9.69 Å². The molecule has 38 heavy (non-hydrogen) atoms. The Labute approximate surface area is 222 Å². The van der Waals surface area contributed by atoms with Crippen LogP contribution in [-0.4, -0.2) is 15.8 Å². The maximum Gasteiger partial charge on any atom is 0.235 e. The number of para-hydroxylation sites is 1. The van der Waals surface area contributed by atoms with Gasteiger partial charge in [-0.05, 0) is 64.9 Å². The lowest BCUT2D eigenvalue weighted by atomic mass is 9.97. The highest BCUT2D eigenvalue weighted by Crippen LogP contribution is 2.43. The predicted molar refractivity (Wildman–Crippen MR) is 149 cm³/mol. The number of carbonyl (C=O) groups is 1. The largest absolute Gasteiger partial charge is 0.289 e. The first-order valence-corrected chi connectivity index (χ1v) is 12.6. The number of anilines is 3. The predicted octanol–water partition coefficient (Wildman–Crippen LogP) is 7.24. The maximum absolute atomic E-state index is 13.6. The van der Waals surface area contributed by atoms with E-state index in [1.54, 1.807) is 24.5 Å². The summed E-state index contributed by atoms with van der Waals surface area (Å²) < 4.78 is 0. The molecule has 0 atom stereocenters. The molecular weight excluding hydrogens is 490 g/mol. The number of thiophene rings is 1. The summed E-state index contributed by atoms with van der Waals surface area (Å²) in [5.74, 6) is 0.317. The number of aromatic nitrogens is 2. The first-order chi connectivity index (χ1) is 18.7. The van der Waals surface area contributed by atoms with Crippen LogP contribution in [0.5, 0.6) is 0 Å². The van der Waals surface area contributed by atoms with Crippen molar-refractivity contribution in [2.45, 2.75) is 0 Å². The number of hydrogen-bond acceptors (Lipinski definition) is 7. The molecule has 2 heterocycles. The number of ketones is 1. The van der Waals surface area contributed by atoms with Crippen LogP contribution in [0.2, 0.25) is 0 Å². The Balaban J connectivity index is 1.49. The molecule has 0 N–H and O–H groups in total. The van der Waals surface area contributed by atoms with Gasteiger partial charge in [-0.25, -0.2) is 9.97 Å². The Morgan fingerprint density at radius 1 is 0.816 bits per heavy atom. The Kier molecular flexibility index (Phi) is 5.82. The molecule has 6 rings (SSSR count). The van der Waals surface area contributed by atoms with Crippen molar-refractivity contribution in [1.29, 1.82) is 10.5 Å². The van der Waals surface area contributed by atoms with Crippen LogP contribution >= 0.6 is 11.3 Å². The number of fused-ring (bicyclic) bond motifs is 2. The van der Waals surface area contributed by atoms with Crippen molar-refractivity contribution in [2.75, 3.05) is 4.90 Å². The molecule has 7 heteroatoms. The highest BCUT2D eigenvalue weighted by atomic mass is 32.1. The van der Waals surface area contributed by atoms with Gasteiger partial charge < -0.3 is 0 Å². The van der Waals surface area contributed by atoms with Gasteiger partial charge in [0.1, 0.15) is 22.7 Å². The third kappa shape index (κ3) is 3.94. The minimum absolute atomic E-state index is 0.0843. The smallest absolute Gasteiger partial charge is 0.235 e. The average Bonchev–Trinajstić information content (AvgIpc) is 3.52. The molecule has 6 nitrogen and oxygen atoms in total. The zero-order chi connectivity index (χ0) is 26.1. The fourth-order valence-corrected chi connectivity index (χ4v) is 5.56. The van der Waals surface area contributed by atoms with Gasteiger partial charge in [0.15, 0.2) is 5.78 Å². The van der Waals surface area contributed by atoms with E-state index in [0.717, 1.165) is 26.3 Å². The van der Waals surface area contributed by atoms with Crippen molar-refractivity contribution in [3.63, 3.8) is 0 Å². The molecule has 0 aliphatic heterocycles. The standard InChI is InChI=1S/C31H17N5OS/c32-18-22(19-33)29-25-15-20-7-4-5-8-21(20)16-26(25)30(37)27(29)17-24-11-12-28(38-24)36(23-9-2-1-3-10-23)31-34-13-6-14-35-31/h1-17H/b27-17+. The molecule has 0 amide bonds. The van der Waals surface area contributed by atoms with Gasteiger partial charge in [-0.2, -0.15) is 10.5 Å². The van der Waals surface area contributed by atoms with Crippen LogP contribution in [0.1, 0.15) is 20.8 Å². The number of nitrogens with zero attached hydrogens (tertiary/aromatic N) is 5. The van der Waals surface area contributed by atoms with E-state index < -0.39 is 0 Å². The average molecular weight is 508 g/mol. The van der Waals surface area contributed by atoms with Crippen LogP contribution < -0.4 is 4.90 Å². The fraction of sp³-hybridized carbons (Fsp3) is 0. The number of Topliss-reactive ketones (excluding diaryl/α,β-unsaturated/α-hetero) is 1. The molecule has 178 valence electrons. The van der Waals surface area contributed by atoms with E-state index in [4.69, 9.17) is 0 Å². The molecule has 0 unspecified atom stereocenters. The van der Waals surface area contributed by atoms with Crippen LogP contribution in [0.3, 0.4) is 0 Å². The molecule has 3 aromatic carbocycles. The SMILES string of the molecule is N#CC(C#N)=C1/C(=C\c2ccc(N(c3ccccc3)c3ncccn3)s2)C(=O)c2cc3ccccc3cc21. The molecule has 0 fully saturated rings. The Hall–Kier alpha value is -5.37. The second-order valence-electron chi connectivity index (χ2n) is 8.50. The van der Waals surface area contributed by atoms with Crippen LogP contribution in [-0.2, 0) is 0 Å². The highest BCUT2D eigenvalue weighted by molar-refractivity contribution is 7.17. The van der Waals surface area contributed by atoms with Crippen LogP contribution in [0, 0.1) is 22.7 Å². The number of hydrogen-bond donors (Lipinski definition) is 0. The second-order valence-corrected chi connectivity index (χ2v) is 9.60. The number of rotatable bonds is 4. The Morgan fingerprint density at radius 2 is 1.47 bits per heavy atom. The van der Waals surface area contributed by atoms with Crippen LogP contribution in [0.25, 0.3) is 22.4 Å². The molecule has 2 aromatic heterocycles. The van der Waals surface area contributed by atoms with Crippen LogP contribution in [0.15, 0.2) is 108 Å². The molecule has 5 aromatic rings. The van der Waals surface area contributed by atoms with E-state index in [0.29, 0.717) is 28.2 Å². The highest BCUT2D eigenvalue weighted by Gasteiger charge is 2.33. The third-order valence-electron chi connectivity index (χ3n) is 6.27. The van der Waals surface area contributed by atoms with Gasteiger partial charge in [0.05, 0.1) is 0 Å². The summed E-state index contributed by atoms with van der Waals surface area (Å²) in [5, 5.41) is 22.2. The van der Waals surface area contributed by atoms with Crippen molar-refractivity contribution < 1.29 is 4.79 Å². The van der Waals surface area contributed by atoms with Crippen LogP contribution in [0.4, 0.5) is 16.6 Å². The van der Waals surface area contributed by atoms with Crippen molar-refractivity contribution in [3.05, 3.63) is 124 Å². The van der Waals surface area contributed by atoms with E-state index in [9.17, 15) is 15.3 Å². The summed E-state index contributed by atoms with van der Waals surface area (Å²) in [4.78, 5) is 25.2. The monoisotopic (exact) mass is 507 g/mol. The van der Waals surface area contributed by atoms with Gasteiger partial charge in [-0.1, -0.05) is 42.5 Å². The van der Waals surface area contributed by atoms with Crippen molar-refractivity contribution in [3.8, 4) is 12.1 Å². The number of benzene rings is 3. The first kappa shape index (κ1) is 23.1. The zero-order valence-corrected chi connectivity index (χ0v) is 20.7. The molecule has 0 radical (unpaired) electrons. The van der Waals surface area contributed by atoms with Gasteiger partial charge in [0.2, 0.25) is 5.95 Å². The topological polar surface area (TPSA) is 93.7 Å². The lowest BCUT2D eigenvalue weighted by molar-refractivity contribution is 0.104. The normalized spacial score (nSPS) is 13.3. The summed E-state index contributed by atoms with van der Waals surface area (Å²) in [6, 6.07) is 30.8. The third-order valence-corrected chi connectivity index (χ3v) is 7.29. The van der Waals surface area contributed by atoms with E-state index >= 15 is 0 Å². The Morgan fingerprint density at radius 3 is 2.16 bits per heavy atom. The molecule has 0 bridgehead atoms. The lowest BCUT2D eigenvalue weighted by Gasteiger charge is -2.20. The lowest BCUT2D eigenvalue weighted by Crippen LogP contribution is -2.11. The zero-order valence-electron chi connectivity index (χ0n) is 19.9.